The molecule has 1 N–H and O–H groups in total. The van der Waals surface area contributed by atoms with E-state index in [0.29, 0.717) is 19.6 Å². The van der Waals surface area contributed by atoms with Gasteiger partial charge in [0.05, 0.1) is 18.5 Å². The molecule has 1 saturated heterocycles. The highest BCUT2D eigenvalue weighted by molar-refractivity contribution is 5.23. The van der Waals surface area contributed by atoms with E-state index in [1.165, 1.54) is 0 Å². The van der Waals surface area contributed by atoms with E-state index in [9.17, 15) is 5.11 Å². The van der Waals surface area contributed by atoms with Gasteiger partial charge in [0.1, 0.15) is 5.60 Å². The first-order valence-electron chi connectivity index (χ1n) is 4.43. The van der Waals surface area contributed by atoms with Gasteiger partial charge in [0.15, 0.2) is 0 Å². The summed E-state index contributed by atoms with van der Waals surface area (Å²) >= 11 is 0. The molecule has 13 heavy (non-hydrogen) atoms. The Labute approximate surface area is 77.1 Å². The largest absolute Gasteiger partial charge is 0.381 e. The molecule has 2 rings (SSSR count). The Morgan fingerprint density at radius 2 is 2.46 bits per heavy atom. The predicted molar refractivity (Wildman–Crippen MR) is 47.3 cm³/mol. The summed E-state index contributed by atoms with van der Waals surface area (Å²) in [5, 5.41) is 14.3. The molecule has 4 nitrogen and oxygen atoms in total. The van der Waals surface area contributed by atoms with Gasteiger partial charge < -0.3 is 9.84 Å². The minimum Gasteiger partial charge on any atom is -0.381 e. The van der Waals surface area contributed by atoms with Crippen LogP contribution in [0.1, 0.15) is 17.7 Å². The summed E-state index contributed by atoms with van der Waals surface area (Å²) in [5.41, 5.74) is 1.08. The van der Waals surface area contributed by atoms with E-state index < -0.39 is 5.60 Å². The van der Waals surface area contributed by atoms with Gasteiger partial charge in [0.2, 0.25) is 0 Å². The summed E-state index contributed by atoms with van der Waals surface area (Å²) in [6, 6.07) is 0. The highest BCUT2D eigenvalue weighted by Gasteiger charge is 2.37. The first-order valence-corrected chi connectivity index (χ1v) is 4.43. The first-order chi connectivity index (χ1) is 6.13. The molecule has 2 heterocycles. The average molecular weight is 182 g/mol. The molecule has 0 bridgehead atoms. The Hall–Kier alpha value is -0.870. The molecule has 72 valence electrons. The highest BCUT2D eigenvalue weighted by Crippen LogP contribution is 2.31. The molecule has 1 aliphatic rings. The van der Waals surface area contributed by atoms with Crippen LogP contribution in [0.2, 0.25) is 0 Å². The van der Waals surface area contributed by atoms with Crippen molar-refractivity contribution in [2.24, 2.45) is 7.05 Å². The lowest BCUT2D eigenvalue weighted by molar-refractivity contribution is 0.0157. The van der Waals surface area contributed by atoms with Crippen molar-refractivity contribution < 1.29 is 9.84 Å². The summed E-state index contributed by atoms with van der Waals surface area (Å²) in [5.74, 6) is 0. The maximum absolute atomic E-state index is 10.2. The maximum Gasteiger partial charge on any atom is 0.132 e. The van der Waals surface area contributed by atoms with E-state index in [4.69, 9.17) is 4.74 Å². The number of hydrogen-bond donors (Lipinski definition) is 1. The molecule has 1 fully saturated rings. The van der Waals surface area contributed by atoms with Gasteiger partial charge in [-0.3, -0.25) is 4.68 Å². The number of rotatable bonds is 1. The normalized spacial score (nSPS) is 28.2. The van der Waals surface area contributed by atoms with Gasteiger partial charge in [0.25, 0.3) is 0 Å². The third-order valence-electron chi connectivity index (χ3n) is 2.56. The van der Waals surface area contributed by atoms with Gasteiger partial charge in [-0.15, -0.1) is 0 Å². The topological polar surface area (TPSA) is 47.3 Å². The second kappa shape index (κ2) is 2.82. The molecule has 1 aromatic rings. The summed E-state index contributed by atoms with van der Waals surface area (Å²) in [6.45, 7) is 2.97. The zero-order chi connectivity index (χ0) is 9.47. The Morgan fingerprint density at radius 1 is 1.69 bits per heavy atom. The Kier molecular flexibility index (Phi) is 1.89. The molecule has 0 amide bonds. The van der Waals surface area contributed by atoms with Crippen LogP contribution < -0.4 is 0 Å². The molecule has 0 radical (unpaired) electrons. The third-order valence-corrected chi connectivity index (χ3v) is 2.56. The van der Waals surface area contributed by atoms with Gasteiger partial charge in [-0.05, 0) is 12.5 Å². The van der Waals surface area contributed by atoms with Crippen LogP contribution in [0.3, 0.4) is 0 Å². The fraction of sp³-hybridized carbons (Fsp3) is 0.667. The van der Waals surface area contributed by atoms with E-state index >= 15 is 0 Å². The van der Waals surface area contributed by atoms with Crippen LogP contribution in [0.25, 0.3) is 0 Å². The molecule has 4 heteroatoms. The Bertz CT molecular complexity index is 294. The summed E-state index contributed by atoms with van der Waals surface area (Å²) < 4.78 is 6.93. The second-order valence-electron chi connectivity index (χ2n) is 3.63. The van der Waals surface area contributed by atoms with Crippen LogP contribution in [-0.4, -0.2) is 28.1 Å². The van der Waals surface area contributed by atoms with Crippen LogP contribution in [0.4, 0.5) is 0 Å². The number of nitrogens with zero attached hydrogens (tertiary/aromatic N) is 2. The lowest BCUT2D eigenvalue weighted by Gasteiger charge is -2.21. The third kappa shape index (κ3) is 1.26. The standard InChI is InChI=1S/C9H14N2O2/c1-7-5-10-11(2)8(7)9(12)3-4-13-6-9/h5,12H,3-4,6H2,1-2H3. The van der Waals surface area contributed by atoms with Gasteiger partial charge in [0, 0.05) is 20.1 Å². The number of aliphatic hydroxyl groups is 1. The number of aryl methyl sites for hydroxylation is 2. The predicted octanol–water partition coefficient (Wildman–Crippen LogP) is 0.336. The highest BCUT2D eigenvalue weighted by atomic mass is 16.5. The summed E-state index contributed by atoms with van der Waals surface area (Å²) in [7, 11) is 1.85. The Morgan fingerprint density at radius 3 is 2.92 bits per heavy atom. The van der Waals surface area contributed by atoms with E-state index in [1.807, 2.05) is 14.0 Å². The smallest absolute Gasteiger partial charge is 0.132 e. The molecular weight excluding hydrogens is 168 g/mol. The molecule has 1 unspecified atom stereocenters. The molecule has 0 saturated carbocycles. The minimum absolute atomic E-state index is 0.382. The summed E-state index contributed by atoms with van der Waals surface area (Å²) in [4.78, 5) is 0. The van der Waals surface area contributed by atoms with Crippen LogP contribution in [0.15, 0.2) is 6.20 Å². The van der Waals surface area contributed by atoms with Crippen LogP contribution in [0.5, 0.6) is 0 Å². The van der Waals surface area contributed by atoms with Crippen molar-refractivity contribution in [3.63, 3.8) is 0 Å². The number of ether oxygens (including phenoxy) is 1. The monoisotopic (exact) mass is 182 g/mol. The quantitative estimate of drug-likeness (QED) is 0.681. The van der Waals surface area contributed by atoms with E-state index in [1.54, 1.807) is 10.9 Å². The van der Waals surface area contributed by atoms with Crippen molar-refractivity contribution in [1.29, 1.82) is 0 Å². The molecule has 0 aromatic carbocycles. The fourth-order valence-electron chi connectivity index (χ4n) is 1.96. The van der Waals surface area contributed by atoms with Crippen molar-refractivity contribution >= 4 is 0 Å². The SMILES string of the molecule is Cc1cnn(C)c1C1(O)CCOC1. The Balaban J connectivity index is 2.43. The number of hydrogen-bond acceptors (Lipinski definition) is 3. The fourth-order valence-corrected chi connectivity index (χ4v) is 1.96. The van der Waals surface area contributed by atoms with Crippen molar-refractivity contribution in [2.75, 3.05) is 13.2 Å². The van der Waals surface area contributed by atoms with E-state index in [0.717, 1.165) is 11.3 Å². The van der Waals surface area contributed by atoms with Crippen LogP contribution in [0, 0.1) is 6.92 Å². The molecule has 0 aliphatic carbocycles. The molecular formula is C9H14N2O2. The lowest BCUT2D eigenvalue weighted by Crippen LogP contribution is -2.29. The van der Waals surface area contributed by atoms with Crippen molar-refractivity contribution in [1.82, 2.24) is 9.78 Å². The van der Waals surface area contributed by atoms with Crippen LogP contribution in [-0.2, 0) is 17.4 Å². The molecule has 1 atom stereocenters. The molecule has 0 spiro atoms. The lowest BCUT2D eigenvalue weighted by atomic mass is 9.96. The van der Waals surface area contributed by atoms with Crippen molar-refractivity contribution in [3.05, 3.63) is 17.5 Å². The zero-order valence-corrected chi connectivity index (χ0v) is 7.95. The van der Waals surface area contributed by atoms with E-state index in [-0.39, 0.29) is 0 Å². The summed E-state index contributed by atoms with van der Waals surface area (Å²) in [6.07, 6.45) is 2.43. The zero-order valence-electron chi connectivity index (χ0n) is 7.95. The van der Waals surface area contributed by atoms with Gasteiger partial charge in [-0.1, -0.05) is 0 Å². The second-order valence-corrected chi connectivity index (χ2v) is 3.63. The van der Waals surface area contributed by atoms with Crippen molar-refractivity contribution in [2.45, 2.75) is 18.9 Å². The molecule has 1 aromatic heterocycles. The molecule has 1 aliphatic heterocycles. The first kappa shape index (κ1) is 8.72. The van der Waals surface area contributed by atoms with Crippen LogP contribution >= 0.6 is 0 Å². The van der Waals surface area contributed by atoms with Gasteiger partial charge >= 0.3 is 0 Å². The van der Waals surface area contributed by atoms with E-state index in [2.05, 4.69) is 5.10 Å². The van der Waals surface area contributed by atoms with Gasteiger partial charge in [-0.25, -0.2) is 0 Å². The maximum atomic E-state index is 10.2. The minimum atomic E-state index is -0.824. The van der Waals surface area contributed by atoms with Crippen molar-refractivity contribution in [3.8, 4) is 0 Å². The average Bonchev–Trinajstić information content (AvgIpc) is 2.60. The van der Waals surface area contributed by atoms with Gasteiger partial charge in [-0.2, -0.15) is 5.10 Å². The number of aromatic nitrogens is 2.